The summed E-state index contributed by atoms with van der Waals surface area (Å²) in [6.45, 7) is 0. The molecular weight excluding hydrogens is 334 g/mol. The number of hydrogen-bond acceptors (Lipinski definition) is 3. The van der Waals surface area contributed by atoms with E-state index in [2.05, 4.69) is 41.8 Å². The predicted molar refractivity (Wildman–Crippen MR) is 71.3 cm³/mol. The molecule has 0 unspecified atom stereocenters. The third-order valence-electron chi connectivity index (χ3n) is 2.71. The van der Waals surface area contributed by atoms with Crippen LogP contribution < -0.4 is 5.73 Å². The molecule has 1 aromatic heterocycles. The molecule has 0 atom stereocenters. The van der Waals surface area contributed by atoms with E-state index in [1.165, 1.54) is 12.8 Å². The van der Waals surface area contributed by atoms with Crippen molar-refractivity contribution in [2.75, 3.05) is 5.73 Å². The van der Waals surface area contributed by atoms with Gasteiger partial charge in [0.2, 0.25) is 0 Å². The van der Waals surface area contributed by atoms with Gasteiger partial charge in [-0.15, -0.1) is 0 Å². The van der Waals surface area contributed by atoms with Gasteiger partial charge in [0.1, 0.15) is 11.6 Å². The van der Waals surface area contributed by atoms with Gasteiger partial charge in [-0.25, -0.2) is 9.97 Å². The van der Waals surface area contributed by atoms with E-state index >= 15 is 0 Å². The third kappa shape index (κ3) is 1.72. The number of rotatable bonds is 1. The van der Waals surface area contributed by atoms with Gasteiger partial charge >= 0.3 is 0 Å². The number of anilines is 1. The number of nitrogens with zero attached hydrogens (tertiary/aromatic N) is 2. The summed E-state index contributed by atoms with van der Waals surface area (Å²) in [6, 6.07) is 3.93. The van der Waals surface area contributed by atoms with E-state index in [-0.39, 0.29) is 0 Å². The minimum atomic E-state index is 0.516. The van der Waals surface area contributed by atoms with Crippen LogP contribution in [0.3, 0.4) is 0 Å². The van der Waals surface area contributed by atoms with E-state index in [0.717, 1.165) is 25.7 Å². The maximum atomic E-state index is 5.97. The van der Waals surface area contributed by atoms with Crippen molar-refractivity contribution < 1.29 is 0 Å². The third-order valence-corrected chi connectivity index (χ3v) is 3.77. The van der Waals surface area contributed by atoms with Crippen molar-refractivity contribution in [1.82, 2.24) is 9.97 Å². The van der Waals surface area contributed by atoms with Crippen LogP contribution in [0.2, 0.25) is 0 Å². The van der Waals surface area contributed by atoms with E-state index in [0.29, 0.717) is 11.7 Å². The highest BCUT2D eigenvalue weighted by atomic mass is 79.9. The molecular formula is C11H9Br2N3. The number of halogens is 2. The van der Waals surface area contributed by atoms with Gasteiger partial charge in [-0.2, -0.15) is 0 Å². The Morgan fingerprint density at radius 3 is 2.62 bits per heavy atom. The first-order valence-electron chi connectivity index (χ1n) is 5.07. The maximum absolute atomic E-state index is 5.97. The van der Waals surface area contributed by atoms with Crippen LogP contribution in [-0.4, -0.2) is 9.97 Å². The van der Waals surface area contributed by atoms with Crippen LogP contribution in [0.25, 0.3) is 10.9 Å². The fourth-order valence-corrected chi connectivity index (χ4v) is 3.04. The molecule has 0 aliphatic heterocycles. The molecule has 2 N–H and O–H groups in total. The predicted octanol–water partition coefficient (Wildman–Crippen LogP) is 3.61. The average molecular weight is 343 g/mol. The van der Waals surface area contributed by atoms with Crippen molar-refractivity contribution in [3.8, 4) is 0 Å². The average Bonchev–Trinajstić information content (AvgIpc) is 3.02. The summed E-state index contributed by atoms with van der Waals surface area (Å²) >= 11 is 6.95. The van der Waals surface area contributed by atoms with E-state index in [9.17, 15) is 0 Å². The summed E-state index contributed by atoms with van der Waals surface area (Å²) in [5.74, 6) is 1.96. The quantitative estimate of drug-likeness (QED) is 0.861. The first-order valence-corrected chi connectivity index (χ1v) is 6.66. The van der Waals surface area contributed by atoms with Gasteiger partial charge < -0.3 is 5.73 Å². The molecule has 0 spiro atoms. The molecule has 0 amide bonds. The topological polar surface area (TPSA) is 51.8 Å². The Hall–Kier alpha value is -0.680. The Bertz CT molecular complexity index is 579. The van der Waals surface area contributed by atoms with Gasteiger partial charge in [0.05, 0.1) is 5.52 Å². The Labute approximate surface area is 110 Å². The first-order chi connectivity index (χ1) is 7.65. The molecule has 16 heavy (non-hydrogen) atoms. The standard InChI is InChI=1S/C11H9Br2N3/c12-6-3-7-9(8(13)4-6)15-11(5-1-2-5)16-10(7)14/h3-5H,1-2H2,(H2,14,15,16). The zero-order chi connectivity index (χ0) is 11.3. The van der Waals surface area contributed by atoms with Gasteiger partial charge in [0, 0.05) is 20.2 Å². The molecule has 1 heterocycles. The number of fused-ring (bicyclic) bond motifs is 1. The van der Waals surface area contributed by atoms with Crippen LogP contribution in [0.1, 0.15) is 24.6 Å². The molecule has 1 fully saturated rings. The lowest BCUT2D eigenvalue weighted by Crippen LogP contribution is -2.00. The molecule has 0 bridgehead atoms. The van der Waals surface area contributed by atoms with Crippen molar-refractivity contribution >= 4 is 48.6 Å². The Balaban J connectivity index is 2.32. The summed E-state index contributed by atoms with van der Waals surface area (Å²) in [4.78, 5) is 8.95. The first kappa shape index (κ1) is 10.5. The van der Waals surface area contributed by atoms with Gasteiger partial charge in [-0.1, -0.05) is 15.9 Å². The lowest BCUT2D eigenvalue weighted by atomic mass is 10.2. The van der Waals surface area contributed by atoms with Gasteiger partial charge in [-0.3, -0.25) is 0 Å². The second kappa shape index (κ2) is 3.67. The molecule has 82 valence electrons. The lowest BCUT2D eigenvalue weighted by Gasteiger charge is -2.06. The van der Waals surface area contributed by atoms with Crippen molar-refractivity contribution in [3.05, 3.63) is 26.9 Å². The second-order valence-corrected chi connectivity index (χ2v) is 5.80. The van der Waals surface area contributed by atoms with E-state index < -0.39 is 0 Å². The van der Waals surface area contributed by atoms with Crippen molar-refractivity contribution in [2.24, 2.45) is 0 Å². The lowest BCUT2D eigenvalue weighted by molar-refractivity contribution is 0.951. The fraction of sp³-hybridized carbons (Fsp3) is 0.273. The molecule has 5 heteroatoms. The number of nitrogens with two attached hydrogens (primary N) is 1. The normalized spacial score (nSPS) is 15.6. The zero-order valence-electron chi connectivity index (χ0n) is 8.37. The van der Waals surface area contributed by atoms with Crippen LogP contribution in [-0.2, 0) is 0 Å². The zero-order valence-corrected chi connectivity index (χ0v) is 11.5. The van der Waals surface area contributed by atoms with Crippen LogP contribution in [0.15, 0.2) is 21.1 Å². The number of nitrogen functional groups attached to an aromatic ring is 1. The SMILES string of the molecule is Nc1nc(C2CC2)nc2c(Br)cc(Br)cc12. The largest absolute Gasteiger partial charge is 0.383 e. The molecule has 0 saturated heterocycles. The molecule has 3 rings (SSSR count). The fourth-order valence-electron chi connectivity index (χ4n) is 1.72. The Kier molecular flexibility index (Phi) is 2.40. The van der Waals surface area contributed by atoms with Crippen LogP contribution >= 0.6 is 31.9 Å². The highest BCUT2D eigenvalue weighted by Gasteiger charge is 2.27. The number of hydrogen-bond donors (Lipinski definition) is 1. The molecule has 1 aliphatic rings. The van der Waals surface area contributed by atoms with Crippen molar-refractivity contribution in [1.29, 1.82) is 0 Å². The molecule has 0 radical (unpaired) electrons. The molecule has 2 aromatic rings. The van der Waals surface area contributed by atoms with Gasteiger partial charge in [-0.05, 0) is 40.9 Å². The van der Waals surface area contributed by atoms with E-state index in [4.69, 9.17) is 5.73 Å². The highest BCUT2D eigenvalue weighted by Crippen LogP contribution is 2.40. The molecule has 1 aromatic carbocycles. The Morgan fingerprint density at radius 2 is 1.94 bits per heavy atom. The van der Waals surface area contributed by atoms with Gasteiger partial charge in [0.15, 0.2) is 0 Å². The van der Waals surface area contributed by atoms with Crippen LogP contribution in [0, 0.1) is 0 Å². The summed E-state index contributed by atoms with van der Waals surface area (Å²) in [7, 11) is 0. The summed E-state index contributed by atoms with van der Waals surface area (Å²) in [6.07, 6.45) is 2.36. The molecule has 1 saturated carbocycles. The Morgan fingerprint density at radius 1 is 1.19 bits per heavy atom. The minimum Gasteiger partial charge on any atom is -0.383 e. The second-order valence-electron chi connectivity index (χ2n) is 4.03. The molecule has 3 nitrogen and oxygen atoms in total. The smallest absolute Gasteiger partial charge is 0.135 e. The maximum Gasteiger partial charge on any atom is 0.135 e. The van der Waals surface area contributed by atoms with Crippen molar-refractivity contribution in [2.45, 2.75) is 18.8 Å². The van der Waals surface area contributed by atoms with E-state index in [1.54, 1.807) is 0 Å². The van der Waals surface area contributed by atoms with Crippen LogP contribution in [0.4, 0.5) is 5.82 Å². The van der Waals surface area contributed by atoms with Crippen molar-refractivity contribution in [3.63, 3.8) is 0 Å². The monoisotopic (exact) mass is 341 g/mol. The highest BCUT2D eigenvalue weighted by molar-refractivity contribution is 9.11. The summed E-state index contributed by atoms with van der Waals surface area (Å²) < 4.78 is 1.93. The summed E-state index contributed by atoms with van der Waals surface area (Å²) in [5, 5.41) is 0.894. The molecule has 1 aliphatic carbocycles. The number of aromatic nitrogens is 2. The minimum absolute atomic E-state index is 0.516. The van der Waals surface area contributed by atoms with E-state index in [1.807, 2.05) is 12.1 Å². The summed E-state index contributed by atoms with van der Waals surface area (Å²) in [5.41, 5.74) is 6.87. The number of benzene rings is 1. The van der Waals surface area contributed by atoms with Gasteiger partial charge in [0.25, 0.3) is 0 Å². The van der Waals surface area contributed by atoms with Crippen LogP contribution in [0.5, 0.6) is 0 Å².